The van der Waals surface area contributed by atoms with E-state index in [1.807, 2.05) is 0 Å². The fourth-order valence-corrected chi connectivity index (χ4v) is 3.05. The molecular weight excluding hydrogens is 372 g/mol. The van der Waals surface area contributed by atoms with Crippen LogP contribution >= 0.6 is 0 Å². The number of hydrazone groups is 1. The first-order valence-electron chi connectivity index (χ1n) is 7.66. The third-order valence-corrected chi connectivity index (χ3v) is 4.79. The number of nitro benzene ring substituents is 1. The molecule has 0 radical (unpaired) electrons. The number of non-ortho nitro benzene ring substituents is 1. The van der Waals surface area contributed by atoms with Gasteiger partial charge in [-0.25, -0.2) is 13.6 Å². The van der Waals surface area contributed by atoms with Crippen LogP contribution in [0.5, 0.6) is 0 Å². The van der Waals surface area contributed by atoms with Gasteiger partial charge in [0.05, 0.1) is 26.8 Å². The lowest BCUT2D eigenvalue weighted by Gasteiger charge is -2.12. The lowest BCUT2D eigenvalue weighted by Crippen LogP contribution is -2.21. The number of carbonyl (C=O) groups excluding carboxylic acids is 1. The number of nitrogens with zero attached hydrogens (tertiary/aromatic N) is 3. The van der Waals surface area contributed by atoms with E-state index >= 15 is 0 Å². The molecule has 1 aliphatic heterocycles. The summed E-state index contributed by atoms with van der Waals surface area (Å²) in [5, 5.41) is 21.3. The molecule has 0 saturated heterocycles. The van der Waals surface area contributed by atoms with E-state index < -0.39 is 20.9 Å². The van der Waals surface area contributed by atoms with Gasteiger partial charge in [0.25, 0.3) is 11.6 Å². The Balaban J connectivity index is 1.92. The molecule has 1 amide bonds. The number of primary sulfonamides is 1. The summed E-state index contributed by atoms with van der Waals surface area (Å²) in [7, 11) is -3.84. The standard InChI is InChI=1S/C17H14N4O5S/c1-11-16(10-12-3-2-4-14(9-12)21(23)24)17(22)20(19-11)13-5-7-15(8-6-13)27(18,25)26/h2-10H,1H3,(H2,18,25,26). The van der Waals surface area contributed by atoms with Crippen molar-refractivity contribution < 1.29 is 18.1 Å². The first-order chi connectivity index (χ1) is 12.7. The van der Waals surface area contributed by atoms with E-state index in [4.69, 9.17) is 5.14 Å². The minimum atomic E-state index is -3.84. The molecule has 1 heterocycles. The molecule has 0 atom stereocenters. The molecule has 2 aromatic rings. The second-order valence-electron chi connectivity index (χ2n) is 5.75. The summed E-state index contributed by atoms with van der Waals surface area (Å²) in [5.41, 5.74) is 1.50. The molecule has 2 aromatic carbocycles. The molecule has 0 fully saturated rings. The third-order valence-electron chi connectivity index (χ3n) is 3.86. The average Bonchev–Trinajstić information content (AvgIpc) is 2.89. The molecule has 2 N–H and O–H groups in total. The highest BCUT2D eigenvalue weighted by Gasteiger charge is 2.29. The van der Waals surface area contributed by atoms with E-state index in [-0.39, 0.29) is 16.2 Å². The zero-order valence-electron chi connectivity index (χ0n) is 14.1. The third kappa shape index (κ3) is 3.76. The average molecular weight is 386 g/mol. The molecule has 3 rings (SSSR count). The van der Waals surface area contributed by atoms with Gasteiger partial charge in [0.2, 0.25) is 10.0 Å². The fourth-order valence-electron chi connectivity index (χ4n) is 2.53. The molecule has 9 nitrogen and oxygen atoms in total. The smallest absolute Gasteiger partial charge is 0.267 e. The van der Waals surface area contributed by atoms with E-state index in [0.717, 1.165) is 5.01 Å². The van der Waals surface area contributed by atoms with Crippen molar-refractivity contribution in [3.63, 3.8) is 0 Å². The Morgan fingerprint density at radius 3 is 2.44 bits per heavy atom. The molecular formula is C17H14N4O5S. The molecule has 1 aliphatic rings. The molecule has 0 unspecified atom stereocenters. The quantitative estimate of drug-likeness (QED) is 0.487. The molecule has 0 saturated carbocycles. The Morgan fingerprint density at radius 2 is 1.85 bits per heavy atom. The maximum Gasteiger partial charge on any atom is 0.280 e. The van der Waals surface area contributed by atoms with Crippen LogP contribution in [0.25, 0.3) is 6.08 Å². The zero-order valence-corrected chi connectivity index (χ0v) is 14.9. The van der Waals surface area contributed by atoms with E-state index in [9.17, 15) is 23.3 Å². The largest absolute Gasteiger partial charge is 0.280 e. The maximum atomic E-state index is 12.7. The predicted molar refractivity (Wildman–Crippen MR) is 99.5 cm³/mol. The topological polar surface area (TPSA) is 136 Å². The SMILES string of the molecule is CC1=NN(c2ccc(S(N)(=O)=O)cc2)C(=O)C1=Cc1cccc([N+](=O)[O-])c1. The summed E-state index contributed by atoms with van der Waals surface area (Å²) in [6.45, 7) is 1.64. The van der Waals surface area contributed by atoms with Crippen molar-refractivity contribution in [2.75, 3.05) is 5.01 Å². The molecule has 0 aromatic heterocycles. The van der Waals surface area contributed by atoms with E-state index in [1.54, 1.807) is 13.0 Å². The van der Waals surface area contributed by atoms with Crippen LogP contribution in [0.4, 0.5) is 11.4 Å². The molecule has 10 heteroatoms. The Morgan fingerprint density at radius 1 is 1.19 bits per heavy atom. The van der Waals surface area contributed by atoms with Gasteiger partial charge in [0.15, 0.2) is 0 Å². The van der Waals surface area contributed by atoms with Crippen molar-refractivity contribution >= 4 is 39.1 Å². The number of nitro groups is 1. The van der Waals surface area contributed by atoms with Crippen molar-refractivity contribution in [1.82, 2.24) is 0 Å². The minimum Gasteiger partial charge on any atom is -0.267 e. The van der Waals surface area contributed by atoms with Crippen LogP contribution in [0.1, 0.15) is 12.5 Å². The number of carbonyl (C=O) groups is 1. The van der Waals surface area contributed by atoms with Gasteiger partial charge in [-0.1, -0.05) is 12.1 Å². The van der Waals surface area contributed by atoms with Crippen LogP contribution in [0.3, 0.4) is 0 Å². The highest BCUT2D eigenvalue weighted by molar-refractivity contribution is 7.89. The number of anilines is 1. The summed E-state index contributed by atoms with van der Waals surface area (Å²) < 4.78 is 22.7. The van der Waals surface area contributed by atoms with Gasteiger partial charge in [-0.2, -0.15) is 10.1 Å². The Labute approximate surface area is 154 Å². The van der Waals surface area contributed by atoms with Crippen LogP contribution < -0.4 is 10.1 Å². The van der Waals surface area contributed by atoms with E-state index in [2.05, 4.69) is 5.10 Å². The number of hydrogen-bond acceptors (Lipinski definition) is 6. The number of sulfonamides is 1. The second kappa shape index (κ2) is 6.74. The second-order valence-corrected chi connectivity index (χ2v) is 7.31. The molecule has 0 bridgehead atoms. The van der Waals surface area contributed by atoms with Crippen molar-refractivity contribution in [1.29, 1.82) is 0 Å². The highest BCUT2D eigenvalue weighted by Crippen LogP contribution is 2.26. The van der Waals surface area contributed by atoms with Gasteiger partial charge in [-0.15, -0.1) is 0 Å². The number of benzene rings is 2. The van der Waals surface area contributed by atoms with Gasteiger partial charge in [0, 0.05) is 12.1 Å². The Hall–Kier alpha value is -3.37. The minimum absolute atomic E-state index is 0.0778. The van der Waals surface area contributed by atoms with Crippen molar-refractivity contribution in [3.8, 4) is 0 Å². The zero-order chi connectivity index (χ0) is 19.8. The first kappa shape index (κ1) is 18.4. The van der Waals surface area contributed by atoms with Crippen LogP contribution in [0, 0.1) is 10.1 Å². The van der Waals surface area contributed by atoms with Gasteiger partial charge in [-0.3, -0.25) is 14.9 Å². The predicted octanol–water partition coefficient (Wildman–Crippen LogP) is 2.05. The number of hydrogen-bond donors (Lipinski definition) is 1. The van der Waals surface area contributed by atoms with Crippen molar-refractivity contribution in [3.05, 3.63) is 69.8 Å². The van der Waals surface area contributed by atoms with Gasteiger partial charge < -0.3 is 0 Å². The van der Waals surface area contributed by atoms with Crippen LogP contribution in [0.2, 0.25) is 0 Å². The lowest BCUT2D eigenvalue weighted by atomic mass is 10.1. The van der Waals surface area contributed by atoms with Crippen LogP contribution in [-0.4, -0.2) is 25.0 Å². The fraction of sp³-hybridized carbons (Fsp3) is 0.0588. The van der Waals surface area contributed by atoms with Gasteiger partial charge in [0.1, 0.15) is 0 Å². The molecule has 138 valence electrons. The molecule has 0 spiro atoms. The number of nitrogens with two attached hydrogens (primary N) is 1. The summed E-state index contributed by atoms with van der Waals surface area (Å²) in [6.07, 6.45) is 1.52. The summed E-state index contributed by atoms with van der Waals surface area (Å²) >= 11 is 0. The lowest BCUT2D eigenvalue weighted by molar-refractivity contribution is -0.384. The monoisotopic (exact) mass is 386 g/mol. The highest BCUT2D eigenvalue weighted by atomic mass is 32.2. The van der Waals surface area contributed by atoms with Crippen molar-refractivity contribution in [2.24, 2.45) is 10.2 Å². The van der Waals surface area contributed by atoms with Gasteiger partial charge >= 0.3 is 0 Å². The van der Waals surface area contributed by atoms with Gasteiger partial charge in [-0.05, 0) is 42.8 Å². The van der Waals surface area contributed by atoms with E-state index in [1.165, 1.54) is 48.5 Å². The number of rotatable bonds is 4. The Bertz CT molecular complexity index is 1100. The van der Waals surface area contributed by atoms with E-state index in [0.29, 0.717) is 17.0 Å². The summed E-state index contributed by atoms with van der Waals surface area (Å²) in [6, 6.07) is 11.3. The number of amides is 1. The summed E-state index contributed by atoms with van der Waals surface area (Å²) in [4.78, 5) is 23.0. The molecule has 27 heavy (non-hydrogen) atoms. The van der Waals surface area contributed by atoms with Crippen molar-refractivity contribution in [2.45, 2.75) is 11.8 Å². The Kier molecular flexibility index (Phi) is 4.60. The van der Waals surface area contributed by atoms with Crippen LogP contribution in [0.15, 0.2) is 64.1 Å². The normalized spacial score (nSPS) is 15.9. The first-order valence-corrected chi connectivity index (χ1v) is 9.20. The van der Waals surface area contributed by atoms with Crippen LogP contribution in [-0.2, 0) is 14.8 Å². The maximum absolute atomic E-state index is 12.7. The summed E-state index contributed by atoms with van der Waals surface area (Å²) in [5.74, 6) is -0.428. The molecule has 0 aliphatic carbocycles.